The number of nitrogens with zero attached hydrogens (tertiary/aromatic N) is 3. The maximum atomic E-state index is 14.4. The Balaban J connectivity index is 2.30. The number of nitrogens with two attached hydrogens (primary N) is 1. The van der Waals surface area contributed by atoms with Crippen molar-refractivity contribution in [1.82, 2.24) is 25.3 Å². The number of likely N-dealkylation sites (N-methyl/N-ethyl adjacent to an activating group) is 2. The molecule has 0 bridgehead atoms. The summed E-state index contributed by atoms with van der Waals surface area (Å²) in [7, 11) is 7.95. The van der Waals surface area contributed by atoms with Crippen molar-refractivity contribution < 1.29 is 38.2 Å². The molecule has 1 aliphatic heterocycles. The molecule has 1 aromatic rings. The van der Waals surface area contributed by atoms with Gasteiger partial charge in [0.2, 0.25) is 23.6 Å². The van der Waals surface area contributed by atoms with Gasteiger partial charge in [-0.1, -0.05) is 85.2 Å². The molecule has 1 aromatic carbocycles. The van der Waals surface area contributed by atoms with Gasteiger partial charge in [-0.25, -0.2) is 4.79 Å². The molecule has 0 saturated carbocycles. The summed E-state index contributed by atoms with van der Waals surface area (Å²) in [6, 6.07) is 6.18. The predicted molar refractivity (Wildman–Crippen MR) is 222 cm³/mol. The molecule has 0 spiro atoms. The monoisotopic (exact) mass is 803 g/mol. The fraction of sp³-hybridized carbons (Fsp3) is 0.744. The zero-order valence-corrected chi connectivity index (χ0v) is 36.9. The topological polar surface area (TPSA) is 173 Å². The Kier molecular flexibility index (Phi) is 20.6. The molecule has 0 aliphatic carbocycles. The maximum absolute atomic E-state index is 14.4. The molecule has 57 heavy (non-hydrogen) atoms. The Hall–Kier alpha value is -3.59. The first kappa shape index (κ1) is 49.6. The number of carbonyl (C=O) groups is 5. The maximum Gasteiger partial charge on any atom is 0.328 e. The van der Waals surface area contributed by atoms with Crippen LogP contribution in [0.25, 0.3) is 0 Å². The molecule has 1 fully saturated rings. The lowest BCUT2D eigenvalue weighted by Gasteiger charge is -2.41. The highest BCUT2D eigenvalue weighted by atomic mass is 16.5. The van der Waals surface area contributed by atoms with Crippen molar-refractivity contribution in [2.24, 2.45) is 29.4 Å². The Morgan fingerprint density at radius 2 is 1.53 bits per heavy atom. The lowest BCUT2D eigenvalue weighted by molar-refractivity contribution is -0.149. The summed E-state index contributed by atoms with van der Waals surface area (Å²) >= 11 is 0. The van der Waals surface area contributed by atoms with Gasteiger partial charge < -0.3 is 40.4 Å². The van der Waals surface area contributed by atoms with Gasteiger partial charge in [0.1, 0.15) is 12.1 Å². The number of benzene rings is 1. The van der Waals surface area contributed by atoms with Crippen LogP contribution < -0.4 is 16.4 Å². The third-order valence-electron chi connectivity index (χ3n) is 11.5. The molecule has 324 valence electrons. The third kappa shape index (κ3) is 13.8. The molecular formula is C43H74N6O8. The first-order valence-electron chi connectivity index (χ1n) is 20.6. The van der Waals surface area contributed by atoms with Gasteiger partial charge in [-0.15, -0.1) is 0 Å². The highest BCUT2D eigenvalue weighted by Crippen LogP contribution is 2.30. The second-order valence-corrected chi connectivity index (χ2v) is 16.7. The van der Waals surface area contributed by atoms with Crippen LogP contribution in [0.3, 0.4) is 0 Å². The van der Waals surface area contributed by atoms with E-state index in [2.05, 4.69) is 10.6 Å². The molecule has 14 heteroatoms. The standard InChI is InChI=1S/C43H74N6O8/c1-14-28(6)38(48(10)42(53)36(26(2)3)46-41(52)37(27(4)5)47(9)25-29(7)44)34(55-11)24-35(50)49-22-18-21-33(49)39(56-12)30(8)40(51)45-32(43(54)57-13)23-31-19-16-15-17-20-31/h15-17,19-20,26-30,32-34,36-39H,14,18,21-25,44H2,1-13H3,(H,45,51)(H,46,52)/t28-,29+,30+,32-,33-,34+,36?,37-,38-,39+/m0/s1. The lowest BCUT2D eigenvalue weighted by Crippen LogP contribution is -2.60. The van der Waals surface area contributed by atoms with Crippen molar-refractivity contribution in [3.63, 3.8) is 0 Å². The van der Waals surface area contributed by atoms with Gasteiger partial charge in [0.05, 0.1) is 49.8 Å². The van der Waals surface area contributed by atoms with Crippen LogP contribution in [0.4, 0.5) is 0 Å². The number of likely N-dealkylation sites (tertiary alicyclic amines) is 1. The van der Waals surface area contributed by atoms with Gasteiger partial charge >= 0.3 is 5.97 Å². The summed E-state index contributed by atoms with van der Waals surface area (Å²) in [5.74, 6) is -2.60. The summed E-state index contributed by atoms with van der Waals surface area (Å²) in [6.07, 6.45) is 1.01. The van der Waals surface area contributed by atoms with Crippen molar-refractivity contribution in [3.05, 3.63) is 35.9 Å². The van der Waals surface area contributed by atoms with Gasteiger partial charge in [0, 0.05) is 46.8 Å². The summed E-state index contributed by atoms with van der Waals surface area (Å²) in [5.41, 5.74) is 6.93. The second-order valence-electron chi connectivity index (χ2n) is 16.7. The second kappa shape index (κ2) is 23.7. The number of hydrogen-bond acceptors (Lipinski definition) is 10. The Morgan fingerprint density at radius 3 is 2.04 bits per heavy atom. The number of rotatable bonds is 23. The summed E-state index contributed by atoms with van der Waals surface area (Å²) < 4.78 is 17.0. The number of esters is 1. The van der Waals surface area contributed by atoms with Crippen LogP contribution in [0.15, 0.2) is 30.3 Å². The van der Waals surface area contributed by atoms with Crippen LogP contribution in [0, 0.1) is 23.7 Å². The summed E-state index contributed by atoms with van der Waals surface area (Å²) in [4.78, 5) is 74.2. The van der Waals surface area contributed by atoms with Crippen molar-refractivity contribution in [1.29, 1.82) is 0 Å². The van der Waals surface area contributed by atoms with E-state index in [9.17, 15) is 24.0 Å². The summed E-state index contributed by atoms with van der Waals surface area (Å²) in [5, 5.41) is 5.92. The Morgan fingerprint density at radius 1 is 0.895 bits per heavy atom. The largest absolute Gasteiger partial charge is 0.467 e. The minimum absolute atomic E-state index is 0.00563. The molecule has 4 amide bonds. The van der Waals surface area contributed by atoms with Crippen LogP contribution in [0.1, 0.15) is 86.6 Å². The van der Waals surface area contributed by atoms with Crippen molar-refractivity contribution in [3.8, 4) is 0 Å². The van der Waals surface area contributed by atoms with E-state index in [1.165, 1.54) is 14.2 Å². The van der Waals surface area contributed by atoms with Gasteiger partial charge in [-0.05, 0) is 50.1 Å². The number of amides is 4. The zero-order valence-electron chi connectivity index (χ0n) is 36.9. The number of ether oxygens (including phenoxy) is 3. The molecule has 1 unspecified atom stereocenters. The molecule has 14 nitrogen and oxygen atoms in total. The highest BCUT2D eigenvalue weighted by molar-refractivity contribution is 5.90. The predicted octanol–water partition coefficient (Wildman–Crippen LogP) is 3.25. The molecule has 1 aliphatic rings. The quantitative estimate of drug-likeness (QED) is 0.140. The molecule has 2 rings (SSSR count). The first-order valence-corrected chi connectivity index (χ1v) is 20.6. The van der Waals surface area contributed by atoms with E-state index in [1.54, 1.807) is 30.9 Å². The van der Waals surface area contributed by atoms with Gasteiger partial charge in [-0.2, -0.15) is 0 Å². The molecule has 4 N–H and O–H groups in total. The molecule has 0 aromatic heterocycles. The van der Waals surface area contributed by atoms with E-state index in [0.29, 0.717) is 25.9 Å². The van der Waals surface area contributed by atoms with Crippen LogP contribution in [-0.2, 0) is 44.6 Å². The smallest absolute Gasteiger partial charge is 0.328 e. The highest BCUT2D eigenvalue weighted by Gasteiger charge is 2.43. The average molecular weight is 803 g/mol. The lowest BCUT2D eigenvalue weighted by atomic mass is 9.89. The SMILES string of the molecule is CC[C@H](C)[C@@H]([C@@H](CC(=O)N1CCC[C@H]1[C@H](OC)[C@@H](C)C(=O)N[C@@H](Cc1ccccc1)C(=O)OC)OC)N(C)C(=O)C(NC(=O)[C@H](C(C)C)N(C)C[C@@H](C)N)C(C)C. The van der Waals surface area contributed by atoms with Crippen LogP contribution >= 0.6 is 0 Å². The van der Waals surface area contributed by atoms with E-state index in [0.717, 1.165) is 12.0 Å². The van der Waals surface area contributed by atoms with Crippen molar-refractivity contribution in [2.75, 3.05) is 48.5 Å². The zero-order chi connectivity index (χ0) is 43.1. The third-order valence-corrected chi connectivity index (χ3v) is 11.5. The molecule has 1 saturated heterocycles. The average Bonchev–Trinajstić information content (AvgIpc) is 3.65. The number of methoxy groups -OCH3 is 3. The number of hydrogen-bond donors (Lipinski definition) is 3. The van der Waals surface area contributed by atoms with E-state index >= 15 is 0 Å². The fourth-order valence-corrected chi connectivity index (χ4v) is 8.35. The summed E-state index contributed by atoms with van der Waals surface area (Å²) in [6.45, 7) is 16.5. The van der Waals surface area contributed by atoms with E-state index < -0.39 is 54.3 Å². The van der Waals surface area contributed by atoms with Gasteiger partial charge in [0.15, 0.2) is 0 Å². The van der Waals surface area contributed by atoms with Crippen molar-refractivity contribution in [2.45, 2.75) is 136 Å². The van der Waals surface area contributed by atoms with Crippen LogP contribution in [0.5, 0.6) is 0 Å². The Bertz CT molecular complexity index is 1430. The Labute approximate surface area is 342 Å². The van der Waals surface area contributed by atoms with E-state index in [-0.39, 0.29) is 60.3 Å². The van der Waals surface area contributed by atoms with Gasteiger partial charge in [0.25, 0.3) is 0 Å². The fourth-order valence-electron chi connectivity index (χ4n) is 8.35. The minimum Gasteiger partial charge on any atom is -0.467 e. The normalized spacial score (nSPS) is 19.2. The number of nitrogens with one attached hydrogen (secondary N) is 2. The number of carbonyl (C=O) groups excluding carboxylic acids is 5. The van der Waals surface area contributed by atoms with Crippen LogP contribution in [-0.4, -0.2) is 141 Å². The molecule has 0 radical (unpaired) electrons. The van der Waals surface area contributed by atoms with Crippen LogP contribution in [0.2, 0.25) is 0 Å². The minimum atomic E-state index is -0.896. The van der Waals surface area contributed by atoms with Crippen molar-refractivity contribution >= 4 is 29.6 Å². The molecule has 1 heterocycles. The van der Waals surface area contributed by atoms with E-state index in [1.807, 2.05) is 90.7 Å². The van der Waals surface area contributed by atoms with Gasteiger partial charge in [-0.3, -0.25) is 24.1 Å². The molecule has 10 atom stereocenters. The van der Waals surface area contributed by atoms with E-state index in [4.69, 9.17) is 19.9 Å². The first-order chi connectivity index (χ1) is 26.8. The molecular weight excluding hydrogens is 729 g/mol.